The summed E-state index contributed by atoms with van der Waals surface area (Å²) in [5, 5.41) is 2.95. The maximum absolute atomic E-state index is 12.7. The zero-order valence-electron chi connectivity index (χ0n) is 17.4. The first-order valence-corrected chi connectivity index (χ1v) is 10.7. The Hall–Kier alpha value is -2.73. The van der Waals surface area contributed by atoms with Crippen LogP contribution >= 0.6 is 11.8 Å². The molecule has 1 fully saturated rings. The minimum Gasteiger partial charge on any atom is -0.372 e. The van der Waals surface area contributed by atoms with E-state index < -0.39 is 0 Å². The monoisotopic (exact) mass is 409 g/mol. The van der Waals surface area contributed by atoms with Crippen LogP contribution in [0.25, 0.3) is 6.08 Å². The van der Waals surface area contributed by atoms with E-state index in [9.17, 15) is 9.59 Å². The quantitative estimate of drug-likeness (QED) is 0.633. The summed E-state index contributed by atoms with van der Waals surface area (Å²) < 4.78 is 0. The molecule has 1 aliphatic rings. The number of imide groups is 1. The lowest BCUT2D eigenvalue weighted by Crippen LogP contribution is -2.33. The molecule has 0 saturated carbocycles. The van der Waals surface area contributed by atoms with Gasteiger partial charge < -0.3 is 10.2 Å². The number of carbonyl (C=O) groups excluding carboxylic acids is 2. The third-order valence-electron chi connectivity index (χ3n) is 5.00. The molecule has 152 valence electrons. The number of anilines is 2. The highest BCUT2D eigenvalue weighted by Gasteiger charge is 2.34. The molecule has 0 aliphatic carbocycles. The molecular formula is C23H27N3O2S. The number of hydrogen-bond acceptors (Lipinski definition) is 5. The van der Waals surface area contributed by atoms with E-state index in [1.54, 1.807) is 6.08 Å². The second-order valence-electron chi connectivity index (χ2n) is 7.03. The lowest BCUT2D eigenvalue weighted by molar-refractivity contribution is -0.122. The van der Waals surface area contributed by atoms with Gasteiger partial charge in [-0.2, -0.15) is 0 Å². The van der Waals surface area contributed by atoms with Crippen molar-refractivity contribution in [2.24, 2.45) is 0 Å². The Morgan fingerprint density at radius 3 is 2.34 bits per heavy atom. The number of nitrogens with one attached hydrogen (secondary N) is 1. The molecule has 2 amide bonds. The predicted octanol–water partition coefficient (Wildman–Crippen LogP) is 5.26. The highest BCUT2D eigenvalue weighted by Crippen LogP contribution is 2.32. The molecule has 0 bridgehead atoms. The summed E-state index contributed by atoms with van der Waals surface area (Å²) in [4.78, 5) is 29.0. The summed E-state index contributed by atoms with van der Waals surface area (Å²) in [7, 11) is 0. The van der Waals surface area contributed by atoms with E-state index in [0.29, 0.717) is 4.91 Å². The van der Waals surface area contributed by atoms with E-state index in [1.807, 2.05) is 50.2 Å². The maximum Gasteiger partial charge on any atom is 0.295 e. The average Bonchev–Trinajstić information content (AvgIpc) is 2.96. The summed E-state index contributed by atoms with van der Waals surface area (Å²) in [6.07, 6.45) is 1.79. The number of thioether (sulfide) groups is 1. The molecule has 1 aliphatic heterocycles. The number of rotatable bonds is 7. The number of hydrogen-bond donors (Lipinski definition) is 1. The molecule has 2 aromatic carbocycles. The van der Waals surface area contributed by atoms with Crippen molar-refractivity contribution in [3.63, 3.8) is 0 Å². The zero-order valence-corrected chi connectivity index (χ0v) is 18.2. The molecule has 3 rings (SSSR count). The molecule has 1 heterocycles. The Morgan fingerprint density at radius 1 is 1.03 bits per heavy atom. The summed E-state index contributed by atoms with van der Waals surface area (Å²) in [5.74, 6) is -0.259. The van der Waals surface area contributed by atoms with Crippen LogP contribution in [0.1, 0.15) is 30.5 Å². The van der Waals surface area contributed by atoms with Gasteiger partial charge >= 0.3 is 0 Å². The first-order chi connectivity index (χ1) is 13.9. The third-order valence-corrected chi connectivity index (χ3v) is 5.91. The number of nitrogens with zero attached hydrogens (tertiary/aromatic N) is 2. The van der Waals surface area contributed by atoms with Gasteiger partial charge in [0.1, 0.15) is 0 Å². The van der Waals surface area contributed by atoms with Crippen molar-refractivity contribution in [3.8, 4) is 0 Å². The van der Waals surface area contributed by atoms with Gasteiger partial charge in [-0.1, -0.05) is 29.8 Å². The number of benzene rings is 2. The second-order valence-corrected chi connectivity index (χ2v) is 8.02. The first-order valence-electron chi connectivity index (χ1n) is 9.84. The Bertz CT molecular complexity index is 934. The van der Waals surface area contributed by atoms with E-state index in [-0.39, 0.29) is 17.8 Å². The van der Waals surface area contributed by atoms with Gasteiger partial charge in [0, 0.05) is 24.5 Å². The largest absolute Gasteiger partial charge is 0.372 e. The van der Waals surface area contributed by atoms with Gasteiger partial charge in [-0.15, -0.1) is 0 Å². The maximum atomic E-state index is 12.7. The van der Waals surface area contributed by atoms with Gasteiger partial charge in [0.25, 0.3) is 11.1 Å². The van der Waals surface area contributed by atoms with Gasteiger partial charge in [-0.05, 0) is 74.9 Å². The van der Waals surface area contributed by atoms with Gasteiger partial charge in [-0.25, -0.2) is 0 Å². The molecule has 2 aromatic rings. The van der Waals surface area contributed by atoms with Crippen LogP contribution in [-0.2, 0) is 4.79 Å². The van der Waals surface area contributed by atoms with Gasteiger partial charge in [0.15, 0.2) is 0 Å². The molecular weight excluding hydrogens is 382 g/mol. The minimum absolute atomic E-state index is 0.160. The van der Waals surface area contributed by atoms with Crippen molar-refractivity contribution in [1.29, 1.82) is 0 Å². The van der Waals surface area contributed by atoms with E-state index in [0.717, 1.165) is 47.4 Å². The standard InChI is InChI=1S/C23H27N3O2S/c1-5-25(6-2)19-10-8-18(9-11-19)14-21-22(27)26(23(28)29-21)15-24-20-12-7-16(3)13-17(20)4/h7-14,24H,5-6,15H2,1-4H3. The van der Waals surface area contributed by atoms with E-state index >= 15 is 0 Å². The van der Waals surface area contributed by atoms with Gasteiger partial charge in [0.05, 0.1) is 11.6 Å². The molecule has 0 atom stereocenters. The van der Waals surface area contributed by atoms with Crippen LogP contribution in [0.5, 0.6) is 0 Å². The fraction of sp³-hybridized carbons (Fsp3) is 0.304. The fourth-order valence-corrected chi connectivity index (χ4v) is 4.17. The Kier molecular flexibility index (Phi) is 6.64. The van der Waals surface area contributed by atoms with Crippen LogP contribution in [0.4, 0.5) is 16.2 Å². The highest BCUT2D eigenvalue weighted by molar-refractivity contribution is 8.18. The average molecular weight is 410 g/mol. The molecule has 1 saturated heterocycles. The lowest BCUT2D eigenvalue weighted by Gasteiger charge is -2.20. The summed E-state index contributed by atoms with van der Waals surface area (Å²) in [6, 6.07) is 14.1. The molecule has 0 unspecified atom stereocenters. The highest BCUT2D eigenvalue weighted by atomic mass is 32.2. The van der Waals surface area contributed by atoms with Crippen LogP contribution in [0.15, 0.2) is 47.4 Å². The minimum atomic E-state index is -0.259. The van der Waals surface area contributed by atoms with Crippen molar-refractivity contribution in [2.75, 3.05) is 30.0 Å². The van der Waals surface area contributed by atoms with Crippen LogP contribution in [-0.4, -0.2) is 35.8 Å². The number of aryl methyl sites for hydroxylation is 2. The first kappa shape index (κ1) is 21.0. The number of carbonyl (C=O) groups is 2. The summed E-state index contributed by atoms with van der Waals surface area (Å²) >= 11 is 0.986. The Morgan fingerprint density at radius 2 is 1.72 bits per heavy atom. The molecule has 6 heteroatoms. The SMILES string of the molecule is CCN(CC)c1ccc(C=C2SC(=O)N(CNc3ccc(C)cc3C)C2=O)cc1. The normalized spacial score (nSPS) is 15.3. The molecule has 1 N–H and O–H groups in total. The van der Waals surface area contributed by atoms with Gasteiger partial charge in [-0.3, -0.25) is 14.5 Å². The Balaban J connectivity index is 1.69. The van der Waals surface area contributed by atoms with Crippen molar-refractivity contribution < 1.29 is 9.59 Å². The molecule has 0 aromatic heterocycles. The van der Waals surface area contributed by atoms with Crippen LogP contribution < -0.4 is 10.2 Å². The van der Waals surface area contributed by atoms with E-state index in [1.165, 1.54) is 10.5 Å². The van der Waals surface area contributed by atoms with Crippen molar-refractivity contribution in [1.82, 2.24) is 4.90 Å². The topological polar surface area (TPSA) is 52.7 Å². The predicted molar refractivity (Wildman–Crippen MR) is 122 cm³/mol. The summed E-state index contributed by atoms with van der Waals surface area (Å²) in [5.41, 5.74) is 5.24. The Labute approximate surface area is 176 Å². The molecule has 0 spiro atoms. The fourth-order valence-electron chi connectivity index (χ4n) is 3.33. The smallest absolute Gasteiger partial charge is 0.295 e. The van der Waals surface area contributed by atoms with Crippen LogP contribution in [0.3, 0.4) is 0 Å². The molecule has 29 heavy (non-hydrogen) atoms. The lowest BCUT2D eigenvalue weighted by atomic mass is 10.1. The van der Waals surface area contributed by atoms with E-state index in [2.05, 4.69) is 30.1 Å². The summed E-state index contributed by atoms with van der Waals surface area (Å²) in [6.45, 7) is 10.3. The third kappa shape index (κ3) is 4.82. The second kappa shape index (κ2) is 9.18. The zero-order chi connectivity index (χ0) is 21.0. The molecule has 0 radical (unpaired) electrons. The van der Waals surface area contributed by atoms with Crippen molar-refractivity contribution >= 4 is 40.4 Å². The van der Waals surface area contributed by atoms with Crippen molar-refractivity contribution in [2.45, 2.75) is 27.7 Å². The number of amides is 2. The van der Waals surface area contributed by atoms with Crippen molar-refractivity contribution in [3.05, 3.63) is 64.1 Å². The van der Waals surface area contributed by atoms with E-state index in [4.69, 9.17) is 0 Å². The van der Waals surface area contributed by atoms with Gasteiger partial charge in [0.2, 0.25) is 0 Å². The van der Waals surface area contributed by atoms with Crippen LogP contribution in [0.2, 0.25) is 0 Å². The van der Waals surface area contributed by atoms with Crippen LogP contribution in [0, 0.1) is 13.8 Å². The molecule has 5 nitrogen and oxygen atoms in total.